The van der Waals surface area contributed by atoms with Crippen LogP contribution in [-0.2, 0) is 25.7 Å². The van der Waals surface area contributed by atoms with E-state index in [-0.39, 0.29) is 42.5 Å². The molecule has 214 valence electrons. The van der Waals surface area contributed by atoms with Crippen molar-refractivity contribution in [2.24, 2.45) is 11.8 Å². The number of nitrogens with zero attached hydrogens (tertiary/aromatic N) is 3. The molecular formula is C30H44N4O5. The summed E-state index contributed by atoms with van der Waals surface area (Å²) in [7, 11) is 1.63. The van der Waals surface area contributed by atoms with Crippen LogP contribution in [0, 0.1) is 11.8 Å². The summed E-state index contributed by atoms with van der Waals surface area (Å²) in [6.45, 7) is 6.20. The molecule has 3 aliphatic heterocycles. The Morgan fingerprint density at radius 3 is 2.49 bits per heavy atom. The van der Waals surface area contributed by atoms with Crippen LogP contribution in [0.2, 0.25) is 0 Å². The number of benzene rings is 1. The average molecular weight is 541 g/mol. The zero-order chi connectivity index (χ0) is 27.4. The van der Waals surface area contributed by atoms with Crippen molar-refractivity contribution in [2.45, 2.75) is 76.1 Å². The van der Waals surface area contributed by atoms with E-state index >= 15 is 0 Å². The molecule has 2 amide bonds. The lowest BCUT2D eigenvalue weighted by molar-refractivity contribution is -0.147. The number of carbonyl (C=O) groups excluding carboxylic acids is 3. The zero-order valence-electron chi connectivity index (χ0n) is 23.5. The van der Waals surface area contributed by atoms with Crippen LogP contribution in [0.25, 0.3) is 0 Å². The van der Waals surface area contributed by atoms with Gasteiger partial charge in [-0.2, -0.15) is 0 Å². The molecule has 9 heteroatoms. The summed E-state index contributed by atoms with van der Waals surface area (Å²) in [5.41, 5.74) is 1.04. The van der Waals surface area contributed by atoms with Crippen LogP contribution in [-0.4, -0.2) is 96.7 Å². The van der Waals surface area contributed by atoms with Crippen molar-refractivity contribution in [1.29, 1.82) is 0 Å². The molecule has 0 radical (unpaired) electrons. The van der Waals surface area contributed by atoms with E-state index in [0.717, 1.165) is 76.7 Å². The number of amides is 2. The molecule has 0 aromatic heterocycles. The number of esters is 1. The van der Waals surface area contributed by atoms with Crippen LogP contribution in [0.5, 0.6) is 0 Å². The number of likely N-dealkylation sites (N-methyl/N-ethyl adjacent to an activating group) is 1. The van der Waals surface area contributed by atoms with Gasteiger partial charge in [0.2, 0.25) is 5.91 Å². The number of rotatable bonds is 8. The molecule has 1 spiro atoms. The van der Waals surface area contributed by atoms with E-state index in [4.69, 9.17) is 9.47 Å². The SMILES string of the molecule is CCOC(=O)C1CNC2(C1)CC(N1CCC(C3CCCN3C(=O)CN(C)C(=O)OCc3ccccc3)CC1)C2. The van der Waals surface area contributed by atoms with Crippen molar-refractivity contribution in [3.05, 3.63) is 35.9 Å². The monoisotopic (exact) mass is 540 g/mol. The average Bonchev–Trinajstić information content (AvgIpc) is 3.60. The van der Waals surface area contributed by atoms with E-state index in [2.05, 4.69) is 10.2 Å². The molecule has 2 atom stereocenters. The predicted molar refractivity (Wildman–Crippen MR) is 147 cm³/mol. The summed E-state index contributed by atoms with van der Waals surface area (Å²) >= 11 is 0. The Morgan fingerprint density at radius 2 is 1.77 bits per heavy atom. The molecule has 5 rings (SSSR count). The van der Waals surface area contributed by atoms with E-state index in [0.29, 0.717) is 18.6 Å². The van der Waals surface area contributed by atoms with E-state index in [1.165, 1.54) is 4.90 Å². The molecule has 9 nitrogen and oxygen atoms in total. The maximum atomic E-state index is 13.2. The van der Waals surface area contributed by atoms with E-state index in [9.17, 15) is 14.4 Å². The van der Waals surface area contributed by atoms with Gasteiger partial charge in [-0.15, -0.1) is 0 Å². The number of piperidine rings is 1. The van der Waals surface area contributed by atoms with Crippen LogP contribution in [0.1, 0.15) is 57.4 Å². The number of hydrogen-bond acceptors (Lipinski definition) is 7. The highest BCUT2D eigenvalue weighted by Gasteiger charge is 2.52. The fourth-order valence-corrected chi connectivity index (χ4v) is 7.24. The standard InChI is InChI=1S/C30H44N4O5/c1-3-38-28(36)24-16-30(31-19-24)17-25(18-30)33-14-11-23(12-15-33)26-10-7-13-34(26)27(35)20-32(2)29(37)39-21-22-8-5-4-6-9-22/h4-6,8-9,23-26,31H,3,7,10-21H2,1-2H3. The Labute approximate surface area is 232 Å². The first-order chi connectivity index (χ1) is 18.9. The first-order valence-electron chi connectivity index (χ1n) is 14.7. The summed E-state index contributed by atoms with van der Waals surface area (Å²) in [6.07, 6.45) is 6.91. The molecule has 3 heterocycles. The Hall–Kier alpha value is -2.65. The Morgan fingerprint density at radius 1 is 1.03 bits per heavy atom. The quantitative estimate of drug-likeness (QED) is 0.507. The highest BCUT2D eigenvalue weighted by atomic mass is 16.6. The summed E-state index contributed by atoms with van der Waals surface area (Å²) in [6, 6.07) is 10.4. The minimum absolute atomic E-state index is 0.00714. The van der Waals surface area contributed by atoms with Crippen LogP contribution in [0.15, 0.2) is 30.3 Å². The third-order valence-corrected chi connectivity index (χ3v) is 9.38. The molecule has 1 aromatic carbocycles. The lowest BCUT2D eigenvalue weighted by Gasteiger charge is -2.52. The van der Waals surface area contributed by atoms with Gasteiger partial charge in [0.25, 0.3) is 0 Å². The summed E-state index contributed by atoms with van der Waals surface area (Å²) in [5.74, 6) is 0.461. The van der Waals surface area contributed by atoms with Crippen LogP contribution in [0.4, 0.5) is 4.79 Å². The highest BCUT2D eigenvalue weighted by molar-refractivity contribution is 5.82. The van der Waals surface area contributed by atoms with Gasteiger partial charge in [-0.05, 0) is 76.4 Å². The van der Waals surface area contributed by atoms with Gasteiger partial charge >= 0.3 is 12.1 Å². The summed E-state index contributed by atoms with van der Waals surface area (Å²) in [5, 5.41) is 3.63. The second-order valence-electron chi connectivity index (χ2n) is 11.9. The first kappa shape index (κ1) is 27.9. The Bertz CT molecular complexity index is 1010. The van der Waals surface area contributed by atoms with Gasteiger partial charge < -0.3 is 29.5 Å². The van der Waals surface area contributed by atoms with Crippen LogP contribution in [0.3, 0.4) is 0 Å². The molecule has 1 aromatic rings. The predicted octanol–water partition coefficient (Wildman–Crippen LogP) is 3.03. The second kappa shape index (κ2) is 12.3. The maximum Gasteiger partial charge on any atom is 0.410 e. The third kappa shape index (κ3) is 6.40. The largest absolute Gasteiger partial charge is 0.466 e. The number of nitrogens with one attached hydrogen (secondary N) is 1. The fraction of sp³-hybridized carbons (Fsp3) is 0.700. The molecule has 39 heavy (non-hydrogen) atoms. The lowest BCUT2D eigenvalue weighted by atomic mass is 9.69. The molecule has 3 saturated heterocycles. The maximum absolute atomic E-state index is 13.2. The van der Waals surface area contributed by atoms with Crippen molar-refractivity contribution < 1.29 is 23.9 Å². The molecule has 4 fully saturated rings. The topological polar surface area (TPSA) is 91.4 Å². The highest BCUT2D eigenvalue weighted by Crippen LogP contribution is 2.45. The lowest BCUT2D eigenvalue weighted by Crippen LogP contribution is -2.61. The van der Waals surface area contributed by atoms with E-state index < -0.39 is 6.09 Å². The number of likely N-dealkylation sites (tertiary alicyclic amines) is 2. The van der Waals surface area contributed by atoms with Crippen LogP contribution < -0.4 is 5.32 Å². The molecule has 2 unspecified atom stereocenters. The summed E-state index contributed by atoms with van der Waals surface area (Å²) in [4.78, 5) is 43.8. The number of carbonyl (C=O) groups is 3. The van der Waals surface area contributed by atoms with Gasteiger partial charge in [-0.25, -0.2) is 4.79 Å². The molecular weight excluding hydrogens is 496 g/mol. The van der Waals surface area contributed by atoms with Crippen LogP contribution >= 0.6 is 0 Å². The van der Waals surface area contributed by atoms with Gasteiger partial charge in [-0.1, -0.05) is 30.3 Å². The van der Waals surface area contributed by atoms with E-state index in [1.807, 2.05) is 42.2 Å². The molecule has 1 saturated carbocycles. The fourth-order valence-electron chi connectivity index (χ4n) is 7.24. The van der Waals surface area contributed by atoms with E-state index in [1.54, 1.807) is 7.05 Å². The van der Waals surface area contributed by atoms with Gasteiger partial charge in [-0.3, -0.25) is 9.59 Å². The smallest absolute Gasteiger partial charge is 0.410 e. The van der Waals surface area contributed by atoms with Crippen molar-refractivity contribution in [2.75, 3.05) is 46.4 Å². The molecule has 4 aliphatic rings. The van der Waals surface area contributed by atoms with Gasteiger partial charge in [0.15, 0.2) is 0 Å². The van der Waals surface area contributed by atoms with Crippen molar-refractivity contribution in [1.82, 2.24) is 20.0 Å². The van der Waals surface area contributed by atoms with Gasteiger partial charge in [0.1, 0.15) is 13.2 Å². The van der Waals surface area contributed by atoms with Gasteiger partial charge in [0, 0.05) is 37.8 Å². The van der Waals surface area contributed by atoms with Crippen molar-refractivity contribution in [3.63, 3.8) is 0 Å². The van der Waals surface area contributed by atoms with Gasteiger partial charge in [0.05, 0.1) is 12.5 Å². The second-order valence-corrected chi connectivity index (χ2v) is 11.9. The first-order valence-corrected chi connectivity index (χ1v) is 14.7. The third-order valence-electron chi connectivity index (χ3n) is 9.38. The normalized spacial score (nSPS) is 29.3. The minimum Gasteiger partial charge on any atom is -0.466 e. The molecule has 0 bridgehead atoms. The van der Waals surface area contributed by atoms with Crippen molar-refractivity contribution >= 4 is 18.0 Å². The Kier molecular flexibility index (Phi) is 8.76. The molecule has 1 N–H and O–H groups in total. The zero-order valence-corrected chi connectivity index (χ0v) is 23.5. The summed E-state index contributed by atoms with van der Waals surface area (Å²) < 4.78 is 10.6. The Balaban J connectivity index is 1.04. The van der Waals surface area contributed by atoms with Crippen molar-refractivity contribution in [3.8, 4) is 0 Å². The molecule has 1 aliphatic carbocycles. The number of ether oxygens (including phenoxy) is 2. The number of hydrogen-bond donors (Lipinski definition) is 1. The minimum atomic E-state index is -0.472.